The van der Waals surface area contributed by atoms with Crippen molar-refractivity contribution in [2.45, 2.75) is 125 Å². The van der Waals surface area contributed by atoms with Gasteiger partial charge in [0.1, 0.15) is 0 Å². The van der Waals surface area contributed by atoms with Crippen molar-refractivity contribution in [3.63, 3.8) is 0 Å². The molecule has 11 heteroatoms. The van der Waals surface area contributed by atoms with Gasteiger partial charge in [0.15, 0.2) is 11.5 Å². The summed E-state index contributed by atoms with van der Waals surface area (Å²) in [6.45, 7) is 23.6. The van der Waals surface area contributed by atoms with Crippen LogP contribution < -0.4 is 17.2 Å². The number of allylic oxidation sites excluding steroid dienone is 1. The molecule has 5 aliphatic rings. The Morgan fingerprint density at radius 1 is 1.08 bits per heavy atom. The fraction of sp³-hybridized carbons (Fsp3) is 0.846. The molecule has 1 amide bonds. The Morgan fingerprint density at radius 3 is 2.34 bits per heavy atom. The van der Waals surface area contributed by atoms with Crippen LogP contribution in [0.25, 0.3) is 0 Å². The molecular weight excluding hydrogens is 632 g/mol. The Hall–Kier alpha value is -2.50. The van der Waals surface area contributed by atoms with E-state index in [0.717, 1.165) is 25.7 Å². The predicted molar refractivity (Wildman–Crippen MR) is 193 cm³/mol. The lowest BCUT2D eigenvalue weighted by atomic mass is 9.34. The summed E-state index contributed by atoms with van der Waals surface area (Å²) in [5.74, 6) is -0.497. The molecule has 1 aliphatic heterocycles. The molecule has 3 saturated carbocycles. The Labute approximate surface area is 298 Å². The van der Waals surface area contributed by atoms with Crippen LogP contribution in [0.3, 0.4) is 0 Å². The van der Waals surface area contributed by atoms with Gasteiger partial charge in [-0.25, -0.2) is 0 Å². The second kappa shape index (κ2) is 12.0. The highest BCUT2D eigenvalue weighted by Gasteiger charge is 2.72. The molecule has 1 aromatic heterocycles. The van der Waals surface area contributed by atoms with E-state index < -0.39 is 34.2 Å². The number of aromatic nitrogens is 3. The minimum Gasteiger partial charge on any atom is -0.481 e. The van der Waals surface area contributed by atoms with Gasteiger partial charge in [0.05, 0.1) is 37.9 Å². The maximum Gasteiger partial charge on any atom is 0.307 e. The number of carboxylic acid groups (broad SMARTS) is 1. The number of primary amides is 1. The number of ether oxygens (including phenoxy) is 2. The van der Waals surface area contributed by atoms with Crippen molar-refractivity contribution in [3.05, 3.63) is 17.3 Å². The van der Waals surface area contributed by atoms with Gasteiger partial charge in [0.2, 0.25) is 0 Å². The molecule has 0 aromatic carbocycles. The number of carbonyl (C=O) groups excluding carboxylic acids is 1. The van der Waals surface area contributed by atoms with Gasteiger partial charge in [0, 0.05) is 16.4 Å². The molecule has 12 atom stereocenters. The van der Waals surface area contributed by atoms with Gasteiger partial charge in [-0.1, -0.05) is 74.0 Å². The van der Waals surface area contributed by atoms with Gasteiger partial charge in [-0.2, -0.15) is 4.80 Å². The van der Waals surface area contributed by atoms with Crippen LogP contribution in [0.15, 0.2) is 11.6 Å². The zero-order valence-electron chi connectivity index (χ0n) is 32.2. The summed E-state index contributed by atoms with van der Waals surface area (Å²) in [6.07, 6.45) is 7.29. The van der Waals surface area contributed by atoms with Crippen LogP contribution in [-0.4, -0.2) is 63.4 Å². The highest BCUT2D eigenvalue weighted by molar-refractivity contribution is 5.94. The van der Waals surface area contributed by atoms with E-state index in [2.05, 4.69) is 78.6 Å². The Kier molecular flexibility index (Phi) is 8.96. The zero-order valence-corrected chi connectivity index (χ0v) is 32.2. The monoisotopic (exact) mass is 696 g/mol. The molecule has 6 rings (SSSR count). The molecule has 7 N–H and O–H groups in total. The number of nitrogen functional groups attached to an aromatic ring is 1. The number of amides is 1. The number of fused-ring (bicyclic) bond motifs is 3. The number of rotatable bonds is 9. The third kappa shape index (κ3) is 5.06. The van der Waals surface area contributed by atoms with Crippen molar-refractivity contribution in [2.24, 2.45) is 74.0 Å². The van der Waals surface area contributed by atoms with Gasteiger partial charge < -0.3 is 31.8 Å². The first-order valence-corrected chi connectivity index (χ1v) is 19.0. The second-order valence-corrected chi connectivity index (χ2v) is 19.1. The molecule has 2 bridgehead atoms. The average Bonchev–Trinajstić information content (AvgIpc) is 3.41. The first-order valence-electron chi connectivity index (χ1n) is 19.0. The lowest BCUT2D eigenvalue weighted by molar-refractivity contribution is -0.253. The maximum atomic E-state index is 13.5. The van der Waals surface area contributed by atoms with Gasteiger partial charge >= 0.3 is 5.97 Å². The van der Waals surface area contributed by atoms with Crippen molar-refractivity contribution in [2.75, 3.05) is 25.6 Å². The number of carbonyl (C=O) groups is 2. The Morgan fingerprint density at radius 2 is 1.76 bits per heavy atom. The molecule has 0 spiro atoms. The SMILES string of the molecule is CC(C)[C@@H](C)[C@@]1(C)CC[C@]2(C)[C@H]3CC[C@@H]4[C@@]5(COC[C@]4(C)[C@@H](OC[C@](C)(N)C(C)C)[C@H](n4nc(N)c(C(N)=O)n4)C5)C3=CC[C@@]2(C)[C@@H]1C(=O)O. The van der Waals surface area contributed by atoms with E-state index in [0.29, 0.717) is 38.6 Å². The summed E-state index contributed by atoms with van der Waals surface area (Å²) >= 11 is 0. The molecule has 2 heterocycles. The van der Waals surface area contributed by atoms with Gasteiger partial charge in [-0.05, 0) is 91.3 Å². The van der Waals surface area contributed by atoms with E-state index >= 15 is 0 Å². The third-order valence-corrected chi connectivity index (χ3v) is 16.2. The fourth-order valence-electron chi connectivity index (χ4n) is 12.2. The van der Waals surface area contributed by atoms with Crippen LogP contribution in [0.2, 0.25) is 0 Å². The standard InChI is InChI=1S/C39H64N6O5/c1-21(2)23(5)34(6)15-16-36(8)24-11-12-27-35(7)18-49-20-39(27,25(24)13-14-37(36,9)29(34)33(47)48)17-26(30(35)50-19-38(10,42)22(3)4)45-43-28(32(41)46)31(40)44-45/h13,21-24,26-27,29-30H,11-12,14-20,42H2,1-10H3,(H2,40,44)(H2,41,46)(H,47,48)/t23-,24+,26-,27+,29-,30+,34-,35+,36-,37+,38+,39+/m1/s1. The largest absolute Gasteiger partial charge is 0.481 e. The van der Waals surface area contributed by atoms with Gasteiger partial charge in [-0.15, -0.1) is 10.2 Å². The van der Waals surface area contributed by atoms with Crippen LogP contribution in [0, 0.1) is 62.6 Å². The Balaban J connectivity index is 1.47. The van der Waals surface area contributed by atoms with Gasteiger partial charge in [0.25, 0.3) is 5.91 Å². The smallest absolute Gasteiger partial charge is 0.307 e. The van der Waals surface area contributed by atoms with Crippen LogP contribution in [0.5, 0.6) is 0 Å². The zero-order chi connectivity index (χ0) is 37.0. The second-order valence-electron chi connectivity index (χ2n) is 19.1. The summed E-state index contributed by atoms with van der Waals surface area (Å²) in [5, 5.41) is 20.2. The molecule has 0 radical (unpaired) electrons. The van der Waals surface area contributed by atoms with E-state index in [9.17, 15) is 14.7 Å². The van der Waals surface area contributed by atoms with E-state index in [1.54, 1.807) is 4.80 Å². The van der Waals surface area contributed by atoms with Crippen molar-refractivity contribution in [3.8, 4) is 0 Å². The maximum absolute atomic E-state index is 13.5. The fourth-order valence-corrected chi connectivity index (χ4v) is 12.2. The summed E-state index contributed by atoms with van der Waals surface area (Å²) in [7, 11) is 0. The van der Waals surface area contributed by atoms with Crippen LogP contribution in [0.4, 0.5) is 5.82 Å². The first kappa shape index (κ1) is 37.3. The Bertz CT molecular complexity index is 1550. The van der Waals surface area contributed by atoms with Crippen LogP contribution >= 0.6 is 0 Å². The minimum absolute atomic E-state index is 0.00977. The summed E-state index contributed by atoms with van der Waals surface area (Å²) in [4.78, 5) is 27.4. The van der Waals surface area contributed by atoms with Crippen LogP contribution in [-0.2, 0) is 14.3 Å². The molecule has 0 unspecified atom stereocenters. The molecule has 4 aliphatic carbocycles. The number of hydrogen-bond donors (Lipinski definition) is 4. The summed E-state index contributed by atoms with van der Waals surface area (Å²) < 4.78 is 13.6. The first-order chi connectivity index (χ1) is 23.1. The van der Waals surface area contributed by atoms with E-state index in [-0.39, 0.29) is 63.6 Å². The number of carboxylic acids is 1. The molecule has 4 fully saturated rings. The van der Waals surface area contributed by atoms with E-state index in [1.165, 1.54) is 5.57 Å². The number of hydrogen-bond acceptors (Lipinski definition) is 8. The molecule has 1 aromatic rings. The predicted octanol–water partition coefficient (Wildman–Crippen LogP) is 5.85. The third-order valence-electron chi connectivity index (χ3n) is 16.2. The number of anilines is 1. The molecule has 1 saturated heterocycles. The lowest BCUT2D eigenvalue weighted by Crippen LogP contribution is -2.69. The number of nitrogens with two attached hydrogens (primary N) is 3. The van der Waals surface area contributed by atoms with Crippen molar-refractivity contribution in [1.82, 2.24) is 15.0 Å². The number of nitrogens with zero attached hydrogens (tertiary/aromatic N) is 3. The normalized spacial score (nSPS) is 42.9. The van der Waals surface area contributed by atoms with Crippen molar-refractivity contribution in [1.29, 1.82) is 0 Å². The lowest BCUT2D eigenvalue weighted by Gasteiger charge is -2.71. The van der Waals surface area contributed by atoms with E-state index in [1.807, 2.05) is 6.92 Å². The van der Waals surface area contributed by atoms with Gasteiger partial charge in [-0.3, -0.25) is 9.59 Å². The molecule has 50 heavy (non-hydrogen) atoms. The summed E-state index contributed by atoms with van der Waals surface area (Å²) in [5.41, 5.74) is 17.8. The van der Waals surface area contributed by atoms with Crippen molar-refractivity contribution >= 4 is 17.7 Å². The molecule has 280 valence electrons. The molecular formula is C39H64N6O5. The quantitative estimate of drug-likeness (QED) is 0.230. The minimum atomic E-state index is -0.717. The van der Waals surface area contributed by atoms with Crippen LogP contribution in [0.1, 0.15) is 124 Å². The highest BCUT2D eigenvalue weighted by Crippen LogP contribution is 2.75. The summed E-state index contributed by atoms with van der Waals surface area (Å²) in [6, 6.07) is -0.354. The average molecular weight is 697 g/mol. The highest BCUT2D eigenvalue weighted by atomic mass is 16.5. The van der Waals surface area contributed by atoms with Crippen molar-refractivity contribution < 1.29 is 24.2 Å². The number of aliphatic carboxylic acids is 1. The molecule has 11 nitrogen and oxygen atoms in total. The topological polar surface area (TPSA) is 182 Å². The van der Waals surface area contributed by atoms with E-state index in [4.69, 9.17) is 26.7 Å².